The molecule has 6 heteroatoms. The lowest BCUT2D eigenvalue weighted by molar-refractivity contribution is -0.0493. The van der Waals surface area contributed by atoms with Gasteiger partial charge in [-0.05, 0) is 55.4 Å². The molecule has 0 aliphatic carbocycles. The monoisotopic (exact) mass is 322 g/mol. The Morgan fingerprint density at radius 2 is 1.64 bits per heavy atom. The van der Waals surface area contributed by atoms with E-state index in [9.17, 15) is 8.78 Å². The van der Waals surface area contributed by atoms with Crippen LogP contribution in [0.15, 0.2) is 42.5 Å². The third kappa shape index (κ3) is 4.14. The average Bonchev–Trinajstić information content (AvgIpc) is 2.45. The van der Waals surface area contributed by atoms with Crippen molar-refractivity contribution in [3.63, 3.8) is 0 Å². The summed E-state index contributed by atoms with van der Waals surface area (Å²) in [5, 5.41) is 6.24. The number of aryl methyl sites for hydroxylation is 1. The van der Waals surface area contributed by atoms with Crippen molar-refractivity contribution < 1.29 is 13.5 Å². The van der Waals surface area contributed by atoms with Crippen molar-refractivity contribution in [2.24, 2.45) is 0 Å². The van der Waals surface area contributed by atoms with E-state index in [1.54, 1.807) is 18.2 Å². The van der Waals surface area contributed by atoms with Crippen LogP contribution in [-0.2, 0) is 0 Å². The van der Waals surface area contributed by atoms with E-state index in [1.165, 1.54) is 6.07 Å². The first-order valence-corrected chi connectivity index (χ1v) is 7.06. The molecule has 0 bridgehead atoms. The summed E-state index contributed by atoms with van der Waals surface area (Å²) in [5.74, 6) is 0.0441. The number of rotatable bonds is 4. The van der Waals surface area contributed by atoms with Crippen molar-refractivity contribution in [2.45, 2.75) is 20.5 Å². The van der Waals surface area contributed by atoms with Crippen LogP contribution in [0.4, 0.5) is 20.2 Å². The number of benzene rings is 2. The summed E-state index contributed by atoms with van der Waals surface area (Å²) in [6.07, 6.45) is 0. The highest BCUT2D eigenvalue weighted by Crippen LogP contribution is 2.26. The Kier molecular flexibility index (Phi) is 5.27. The molecule has 2 N–H and O–H groups in total. The molecule has 2 rings (SSSR count). The summed E-state index contributed by atoms with van der Waals surface area (Å²) in [6.45, 7) is 1.10. The molecule has 0 amide bonds. The van der Waals surface area contributed by atoms with E-state index in [0.717, 1.165) is 16.8 Å². The predicted octanol–water partition coefficient (Wildman–Crippen LogP) is 4.71. The van der Waals surface area contributed by atoms with Crippen LogP contribution in [0, 0.1) is 13.8 Å². The maximum Gasteiger partial charge on any atom is 0.387 e. The van der Waals surface area contributed by atoms with Crippen LogP contribution in [0.25, 0.3) is 0 Å². The van der Waals surface area contributed by atoms with E-state index < -0.39 is 6.61 Å². The lowest BCUT2D eigenvalue weighted by Crippen LogP contribution is -2.20. The Morgan fingerprint density at radius 1 is 1.00 bits per heavy atom. The summed E-state index contributed by atoms with van der Waals surface area (Å²) in [7, 11) is 0. The van der Waals surface area contributed by atoms with E-state index in [0.29, 0.717) is 10.8 Å². The van der Waals surface area contributed by atoms with E-state index in [-0.39, 0.29) is 5.75 Å². The van der Waals surface area contributed by atoms with Crippen molar-refractivity contribution in [1.82, 2.24) is 0 Å². The number of para-hydroxylation sites is 2. The van der Waals surface area contributed by atoms with Crippen molar-refractivity contribution >= 4 is 28.7 Å². The second-order valence-electron chi connectivity index (χ2n) is 4.70. The van der Waals surface area contributed by atoms with Gasteiger partial charge in [-0.25, -0.2) is 0 Å². The largest absolute Gasteiger partial charge is 0.433 e. The lowest BCUT2D eigenvalue weighted by Gasteiger charge is -2.16. The Balaban J connectivity index is 2.11. The Bertz CT molecular complexity index is 677. The number of ether oxygens (including phenoxy) is 1. The first-order chi connectivity index (χ1) is 10.5. The second kappa shape index (κ2) is 7.17. The number of hydrogen-bond donors (Lipinski definition) is 2. The third-order valence-electron chi connectivity index (χ3n) is 3.20. The van der Waals surface area contributed by atoms with E-state index >= 15 is 0 Å². The van der Waals surface area contributed by atoms with Gasteiger partial charge < -0.3 is 15.4 Å². The Morgan fingerprint density at radius 3 is 2.36 bits per heavy atom. The molecule has 0 aromatic heterocycles. The van der Waals surface area contributed by atoms with E-state index in [2.05, 4.69) is 15.4 Å². The quantitative estimate of drug-likeness (QED) is 0.799. The fourth-order valence-corrected chi connectivity index (χ4v) is 2.15. The number of anilines is 2. The average molecular weight is 322 g/mol. The summed E-state index contributed by atoms with van der Waals surface area (Å²) in [6, 6.07) is 12.2. The van der Waals surface area contributed by atoms with Gasteiger partial charge in [0.1, 0.15) is 5.75 Å². The minimum absolute atomic E-state index is 0.0441. The summed E-state index contributed by atoms with van der Waals surface area (Å²) in [5.41, 5.74) is 3.45. The van der Waals surface area contributed by atoms with Crippen LogP contribution >= 0.6 is 12.2 Å². The summed E-state index contributed by atoms with van der Waals surface area (Å²) >= 11 is 5.23. The molecular weight excluding hydrogens is 306 g/mol. The fourth-order valence-electron chi connectivity index (χ4n) is 1.93. The van der Waals surface area contributed by atoms with Crippen LogP contribution in [0.3, 0.4) is 0 Å². The van der Waals surface area contributed by atoms with E-state index in [4.69, 9.17) is 12.2 Å². The molecule has 2 aromatic carbocycles. The molecule has 0 aliphatic heterocycles. The third-order valence-corrected chi connectivity index (χ3v) is 3.41. The molecule has 0 unspecified atom stereocenters. The van der Waals surface area contributed by atoms with Gasteiger partial charge in [0.05, 0.1) is 5.69 Å². The molecule has 116 valence electrons. The summed E-state index contributed by atoms with van der Waals surface area (Å²) in [4.78, 5) is 0. The van der Waals surface area contributed by atoms with Crippen LogP contribution < -0.4 is 15.4 Å². The second-order valence-corrected chi connectivity index (χ2v) is 5.11. The number of nitrogens with one attached hydrogen (secondary N) is 2. The minimum Gasteiger partial charge on any atom is -0.433 e. The Labute approximate surface area is 133 Å². The van der Waals surface area contributed by atoms with Crippen molar-refractivity contribution in [3.8, 4) is 5.75 Å². The molecule has 0 saturated heterocycles. The first-order valence-electron chi connectivity index (χ1n) is 6.65. The van der Waals surface area contributed by atoms with Crippen LogP contribution in [0.1, 0.15) is 11.1 Å². The molecule has 0 spiro atoms. The van der Waals surface area contributed by atoms with Gasteiger partial charge >= 0.3 is 6.61 Å². The van der Waals surface area contributed by atoms with Gasteiger partial charge in [0.2, 0.25) is 0 Å². The van der Waals surface area contributed by atoms with Gasteiger partial charge in [-0.1, -0.05) is 24.3 Å². The van der Waals surface area contributed by atoms with Gasteiger partial charge in [-0.3, -0.25) is 0 Å². The van der Waals surface area contributed by atoms with E-state index in [1.807, 2.05) is 32.0 Å². The maximum absolute atomic E-state index is 12.4. The molecule has 0 atom stereocenters. The van der Waals surface area contributed by atoms with Crippen LogP contribution in [0.2, 0.25) is 0 Å². The number of thiocarbonyl (C=S) groups is 1. The summed E-state index contributed by atoms with van der Waals surface area (Å²) < 4.78 is 29.2. The highest BCUT2D eigenvalue weighted by atomic mass is 32.1. The molecular formula is C16H16F2N2OS. The normalized spacial score (nSPS) is 10.4. The predicted molar refractivity (Wildman–Crippen MR) is 88.8 cm³/mol. The number of alkyl halides is 2. The maximum atomic E-state index is 12.4. The van der Waals surface area contributed by atoms with Crippen molar-refractivity contribution in [2.75, 3.05) is 10.6 Å². The zero-order valence-corrected chi connectivity index (χ0v) is 13.0. The fraction of sp³-hybridized carbons (Fsp3) is 0.188. The number of hydrogen-bond acceptors (Lipinski definition) is 2. The Hall–Kier alpha value is -2.21. The highest BCUT2D eigenvalue weighted by Gasteiger charge is 2.10. The van der Waals surface area contributed by atoms with Crippen LogP contribution in [-0.4, -0.2) is 11.7 Å². The standard InChI is InChI=1S/C16H16F2N2OS/c1-10-6-5-8-12(11(10)2)19-16(22)20-13-7-3-4-9-14(13)21-15(17)18/h3-9,15H,1-2H3,(H2,19,20,22). The van der Waals surface area contributed by atoms with Gasteiger partial charge in [0.15, 0.2) is 5.11 Å². The highest BCUT2D eigenvalue weighted by molar-refractivity contribution is 7.80. The van der Waals surface area contributed by atoms with Crippen molar-refractivity contribution in [3.05, 3.63) is 53.6 Å². The molecule has 3 nitrogen and oxygen atoms in total. The molecule has 2 aromatic rings. The SMILES string of the molecule is Cc1cccc(NC(=S)Nc2ccccc2OC(F)F)c1C. The molecule has 0 aliphatic rings. The zero-order valence-electron chi connectivity index (χ0n) is 12.2. The van der Waals surface area contributed by atoms with Gasteiger partial charge in [0.25, 0.3) is 0 Å². The lowest BCUT2D eigenvalue weighted by atomic mass is 10.1. The first kappa shape index (κ1) is 16.2. The smallest absolute Gasteiger partial charge is 0.387 e. The molecule has 0 radical (unpaired) electrons. The van der Waals surface area contributed by atoms with Crippen molar-refractivity contribution in [1.29, 1.82) is 0 Å². The molecule has 0 saturated carbocycles. The molecule has 0 fully saturated rings. The van der Waals surface area contributed by atoms with Crippen LogP contribution in [0.5, 0.6) is 5.75 Å². The topological polar surface area (TPSA) is 33.3 Å². The van der Waals surface area contributed by atoms with Gasteiger partial charge in [-0.2, -0.15) is 8.78 Å². The molecule has 0 heterocycles. The molecule has 22 heavy (non-hydrogen) atoms. The zero-order chi connectivity index (χ0) is 16.1. The minimum atomic E-state index is -2.89. The van der Waals surface area contributed by atoms with Gasteiger partial charge in [-0.15, -0.1) is 0 Å². The van der Waals surface area contributed by atoms with Gasteiger partial charge in [0, 0.05) is 5.69 Å². The number of halogens is 2.